The van der Waals surface area contributed by atoms with Crippen LogP contribution in [0.2, 0.25) is 5.02 Å². The van der Waals surface area contributed by atoms with E-state index in [1.165, 1.54) is 6.07 Å². The van der Waals surface area contributed by atoms with Crippen LogP contribution in [0.25, 0.3) is 0 Å². The molecule has 0 bridgehead atoms. The number of unbranched alkanes of at least 4 members (excludes halogenated alkanes) is 1. The van der Waals surface area contributed by atoms with Crippen LogP contribution in [0.3, 0.4) is 0 Å². The molecule has 222 valence electrons. The number of aromatic nitrogens is 2. The largest absolute Gasteiger partial charge is 0.489 e. The average molecular weight is 601 g/mol. The van der Waals surface area contributed by atoms with E-state index >= 15 is 0 Å². The number of benzene rings is 2. The highest BCUT2D eigenvalue weighted by atomic mass is 35.5. The van der Waals surface area contributed by atoms with Crippen LogP contribution < -0.4 is 10.3 Å². The number of nitrogens with zero attached hydrogens (tertiary/aromatic N) is 2. The number of ether oxygens (including phenoxy) is 1. The fourth-order valence-electron chi connectivity index (χ4n) is 4.44. The van der Waals surface area contributed by atoms with Gasteiger partial charge < -0.3 is 9.84 Å². The molecule has 0 aliphatic heterocycles. The fourth-order valence-corrected chi connectivity index (χ4v) is 4.70. The molecule has 0 spiro atoms. The first-order valence-corrected chi connectivity index (χ1v) is 13.4. The topological polar surface area (TPSA) is 81.4 Å². The number of hydrogen-bond acceptors (Lipinski definition) is 4. The van der Waals surface area contributed by atoms with E-state index in [0.29, 0.717) is 48.1 Å². The van der Waals surface area contributed by atoms with E-state index in [0.717, 1.165) is 11.5 Å². The molecule has 0 saturated heterocycles. The Hall–Kier alpha value is -3.47. The lowest BCUT2D eigenvalue weighted by Gasteiger charge is -2.23. The Morgan fingerprint density at radius 2 is 1.76 bits per heavy atom. The second-order valence-corrected chi connectivity index (χ2v) is 10.00. The maximum absolute atomic E-state index is 14.4. The van der Waals surface area contributed by atoms with Crippen LogP contribution in [0.4, 0.5) is 22.0 Å². The third-order valence-corrected chi connectivity index (χ3v) is 6.98. The summed E-state index contributed by atoms with van der Waals surface area (Å²) in [6, 6.07) is 9.44. The molecule has 1 aromatic heterocycles. The lowest BCUT2D eigenvalue weighted by atomic mass is 10.0. The highest BCUT2D eigenvalue weighted by molar-refractivity contribution is 6.34. The van der Waals surface area contributed by atoms with Crippen LogP contribution >= 0.6 is 11.6 Å². The Labute approximate surface area is 238 Å². The molecule has 3 aromatic rings. The molecule has 1 N–H and O–H groups in total. The predicted octanol–water partition coefficient (Wildman–Crippen LogP) is 7.48. The van der Waals surface area contributed by atoms with E-state index < -0.39 is 34.9 Å². The van der Waals surface area contributed by atoms with Crippen molar-refractivity contribution in [1.82, 2.24) is 9.55 Å². The zero-order valence-corrected chi connectivity index (χ0v) is 23.5. The summed E-state index contributed by atoms with van der Waals surface area (Å²) < 4.78 is 75.3. The molecule has 12 heteroatoms. The minimum absolute atomic E-state index is 0.0333. The standard InChI is InChI=1S/C29H30ClF5N2O4/c1-4-6-11-23-36-17(3)24(28(31,32)29(33,34)35)26(38)37(23)15-18-12-13-22(19(14-18)8-5-2)41-16-20-9-7-10-21(25(20)30)27(39)40/h7,9-10,12-14H,4-6,8,11,15-16H2,1-3H3,(H,39,40). The van der Waals surface area contributed by atoms with Gasteiger partial charge in [-0.05, 0) is 43.0 Å². The molecule has 41 heavy (non-hydrogen) atoms. The first-order chi connectivity index (χ1) is 19.2. The van der Waals surface area contributed by atoms with Crippen molar-refractivity contribution in [3.8, 4) is 5.75 Å². The molecule has 0 unspecified atom stereocenters. The second kappa shape index (κ2) is 13.0. The molecule has 3 rings (SSSR count). The zero-order valence-electron chi connectivity index (χ0n) is 22.7. The van der Waals surface area contributed by atoms with Gasteiger partial charge in [0, 0.05) is 12.0 Å². The van der Waals surface area contributed by atoms with E-state index in [4.69, 9.17) is 16.3 Å². The van der Waals surface area contributed by atoms with Crippen molar-refractivity contribution in [1.29, 1.82) is 0 Å². The molecule has 6 nitrogen and oxygen atoms in total. The van der Waals surface area contributed by atoms with Gasteiger partial charge in [0.2, 0.25) is 0 Å². The van der Waals surface area contributed by atoms with Gasteiger partial charge >= 0.3 is 18.1 Å². The third-order valence-electron chi connectivity index (χ3n) is 6.53. The zero-order chi connectivity index (χ0) is 30.5. The van der Waals surface area contributed by atoms with Crippen LogP contribution in [-0.2, 0) is 31.9 Å². The van der Waals surface area contributed by atoms with Crippen molar-refractivity contribution in [3.05, 3.63) is 91.1 Å². The quantitative estimate of drug-likeness (QED) is 0.218. The van der Waals surface area contributed by atoms with Gasteiger partial charge in [0.15, 0.2) is 0 Å². The first kappa shape index (κ1) is 32.0. The highest BCUT2D eigenvalue weighted by Gasteiger charge is 2.61. The minimum Gasteiger partial charge on any atom is -0.489 e. The monoisotopic (exact) mass is 600 g/mol. The summed E-state index contributed by atoms with van der Waals surface area (Å²) in [7, 11) is 0. The van der Waals surface area contributed by atoms with Gasteiger partial charge in [0.25, 0.3) is 5.56 Å². The van der Waals surface area contributed by atoms with Gasteiger partial charge in [-0.1, -0.05) is 62.6 Å². The summed E-state index contributed by atoms with van der Waals surface area (Å²) in [4.78, 5) is 28.6. The summed E-state index contributed by atoms with van der Waals surface area (Å²) in [6.45, 7) is 4.48. The van der Waals surface area contributed by atoms with Crippen LogP contribution in [0.15, 0.2) is 41.2 Å². The Morgan fingerprint density at radius 1 is 1.05 bits per heavy atom. The molecule has 1 heterocycles. The van der Waals surface area contributed by atoms with Gasteiger partial charge in [-0.25, -0.2) is 9.78 Å². The molecule has 0 atom stereocenters. The van der Waals surface area contributed by atoms with Gasteiger partial charge in [0.05, 0.1) is 22.8 Å². The fraction of sp³-hybridized carbons (Fsp3) is 0.414. The van der Waals surface area contributed by atoms with Crippen LogP contribution in [0.1, 0.15) is 77.2 Å². The second-order valence-electron chi connectivity index (χ2n) is 9.62. The first-order valence-electron chi connectivity index (χ1n) is 13.0. The van der Waals surface area contributed by atoms with E-state index in [1.807, 2.05) is 13.8 Å². The summed E-state index contributed by atoms with van der Waals surface area (Å²) in [5, 5.41) is 9.34. The Kier molecular flexibility index (Phi) is 10.2. The number of carbonyl (C=O) groups is 1. The maximum Gasteiger partial charge on any atom is 0.458 e. The molecule has 2 aromatic carbocycles. The molecule has 0 fully saturated rings. The summed E-state index contributed by atoms with van der Waals surface area (Å²) >= 11 is 6.21. The normalized spacial score (nSPS) is 12.0. The molecule has 0 aliphatic carbocycles. The van der Waals surface area contributed by atoms with Crippen molar-refractivity contribution in [3.63, 3.8) is 0 Å². The smallest absolute Gasteiger partial charge is 0.458 e. The molecular formula is C29H30ClF5N2O4. The molecule has 0 radical (unpaired) electrons. The summed E-state index contributed by atoms with van der Waals surface area (Å²) in [6.07, 6.45) is -3.25. The minimum atomic E-state index is -5.96. The van der Waals surface area contributed by atoms with Crippen LogP contribution in [0.5, 0.6) is 5.75 Å². The van der Waals surface area contributed by atoms with Gasteiger partial charge in [-0.3, -0.25) is 9.36 Å². The average Bonchev–Trinajstić information content (AvgIpc) is 2.88. The van der Waals surface area contributed by atoms with Crippen molar-refractivity contribution >= 4 is 17.6 Å². The Morgan fingerprint density at radius 3 is 2.37 bits per heavy atom. The Bertz CT molecular complexity index is 1470. The van der Waals surface area contributed by atoms with Crippen LogP contribution in [0, 0.1) is 6.92 Å². The predicted molar refractivity (Wildman–Crippen MR) is 144 cm³/mol. The van der Waals surface area contributed by atoms with Gasteiger partial charge in [-0.2, -0.15) is 22.0 Å². The molecule has 0 aliphatic rings. The van der Waals surface area contributed by atoms with Crippen LogP contribution in [-0.4, -0.2) is 26.8 Å². The number of rotatable bonds is 12. The number of aryl methyl sites for hydroxylation is 3. The molecular weight excluding hydrogens is 571 g/mol. The lowest BCUT2D eigenvalue weighted by Crippen LogP contribution is -2.42. The van der Waals surface area contributed by atoms with E-state index in [-0.39, 0.29) is 36.0 Å². The summed E-state index contributed by atoms with van der Waals surface area (Å²) in [5.74, 6) is -5.96. The number of hydrogen-bond donors (Lipinski definition) is 1. The van der Waals surface area contributed by atoms with E-state index in [2.05, 4.69) is 4.98 Å². The van der Waals surface area contributed by atoms with Crippen molar-refractivity contribution < 1.29 is 36.6 Å². The summed E-state index contributed by atoms with van der Waals surface area (Å²) in [5.41, 5.74) is -2.19. The SMILES string of the molecule is CCCCc1nc(C)c(C(F)(F)C(F)(F)F)c(=O)n1Cc1ccc(OCc2cccc(C(=O)O)c2Cl)c(CCC)c1. The number of carboxylic acid groups (broad SMARTS) is 1. The number of halogens is 6. The van der Waals surface area contributed by atoms with Crippen molar-refractivity contribution in [2.24, 2.45) is 0 Å². The van der Waals surface area contributed by atoms with Gasteiger partial charge in [-0.15, -0.1) is 0 Å². The van der Waals surface area contributed by atoms with E-state index in [9.17, 15) is 36.6 Å². The third kappa shape index (κ3) is 7.06. The van der Waals surface area contributed by atoms with E-state index in [1.54, 1.807) is 30.3 Å². The number of alkyl halides is 5. The molecule has 0 amide bonds. The van der Waals surface area contributed by atoms with Crippen molar-refractivity contribution in [2.75, 3.05) is 0 Å². The lowest BCUT2D eigenvalue weighted by molar-refractivity contribution is -0.290. The number of carboxylic acids is 1. The Balaban J connectivity index is 2.01. The highest BCUT2D eigenvalue weighted by Crippen LogP contribution is 2.43. The number of aromatic carboxylic acids is 1. The maximum atomic E-state index is 14.4. The van der Waals surface area contributed by atoms with Crippen molar-refractivity contribution in [2.45, 2.75) is 78.1 Å². The molecule has 0 saturated carbocycles. The van der Waals surface area contributed by atoms with Gasteiger partial charge in [0.1, 0.15) is 23.7 Å².